The standard InChI is InChI=1S/C33H46N2O4/c1-21-24(29(36)34-20-32(5,6)30(37)38)18-27(35(21)19-22-10-8-7-9-11-22)23-16-25(31(2,3)4)28-26(17-23)33(12-13-33)14-15-39-28/h16-18,22H,7-15,19-20H2,1-6H3,(H,34,36)(H,37,38). The highest BCUT2D eigenvalue weighted by Gasteiger charge is 2.49. The second kappa shape index (κ2) is 10.0. The first-order valence-corrected chi connectivity index (χ1v) is 14.9. The SMILES string of the molecule is Cc1c(C(=O)NCC(C)(C)C(=O)O)cc(-c2cc(C(C)(C)C)c3c(c2)C2(CCO3)CC2)n1CC1CCCCC1. The van der Waals surface area contributed by atoms with Crippen molar-refractivity contribution in [3.63, 3.8) is 0 Å². The number of aliphatic carboxylic acids is 1. The van der Waals surface area contributed by atoms with Gasteiger partial charge in [-0.2, -0.15) is 0 Å². The van der Waals surface area contributed by atoms with Gasteiger partial charge < -0.3 is 19.7 Å². The van der Waals surface area contributed by atoms with E-state index in [1.807, 2.05) is 13.0 Å². The summed E-state index contributed by atoms with van der Waals surface area (Å²) in [5.41, 5.74) is 5.52. The molecule has 0 saturated heterocycles. The van der Waals surface area contributed by atoms with E-state index in [2.05, 4.69) is 42.8 Å². The van der Waals surface area contributed by atoms with Gasteiger partial charge in [-0.3, -0.25) is 9.59 Å². The molecule has 2 aliphatic carbocycles. The van der Waals surface area contributed by atoms with Crippen molar-refractivity contribution in [1.82, 2.24) is 9.88 Å². The molecule has 2 N–H and O–H groups in total. The minimum atomic E-state index is -1.03. The van der Waals surface area contributed by atoms with Crippen LogP contribution in [-0.4, -0.2) is 34.7 Å². The van der Waals surface area contributed by atoms with E-state index >= 15 is 0 Å². The van der Waals surface area contributed by atoms with Crippen molar-refractivity contribution < 1.29 is 19.4 Å². The van der Waals surface area contributed by atoms with Gasteiger partial charge in [0.15, 0.2) is 0 Å². The van der Waals surface area contributed by atoms with Crippen molar-refractivity contribution in [2.24, 2.45) is 11.3 Å². The number of hydrogen-bond donors (Lipinski definition) is 2. The monoisotopic (exact) mass is 534 g/mol. The van der Waals surface area contributed by atoms with Gasteiger partial charge in [0.25, 0.3) is 5.91 Å². The Bertz CT molecular complexity index is 1250. The third-order valence-corrected chi connectivity index (χ3v) is 9.49. The molecule has 212 valence electrons. The molecule has 5 rings (SSSR count). The van der Waals surface area contributed by atoms with Crippen LogP contribution in [0.4, 0.5) is 0 Å². The molecule has 2 heterocycles. The Morgan fingerprint density at radius 3 is 2.36 bits per heavy atom. The number of benzene rings is 1. The zero-order valence-corrected chi connectivity index (χ0v) is 24.7. The van der Waals surface area contributed by atoms with Crippen LogP contribution in [0.5, 0.6) is 5.75 Å². The normalized spacial score (nSPS) is 18.9. The Morgan fingerprint density at radius 1 is 1.05 bits per heavy atom. The van der Waals surface area contributed by atoms with Crippen LogP contribution in [0.15, 0.2) is 18.2 Å². The highest BCUT2D eigenvalue weighted by atomic mass is 16.5. The van der Waals surface area contributed by atoms with Gasteiger partial charge in [-0.05, 0) is 88.0 Å². The van der Waals surface area contributed by atoms with E-state index in [1.54, 1.807) is 13.8 Å². The molecule has 3 aliphatic rings. The molecule has 6 nitrogen and oxygen atoms in total. The van der Waals surface area contributed by atoms with Crippen molar-refractivity contribution in [3.05, 3.63) is 40.6 Å². The summed E-state index contributed by atoms with van der Waals surface area (Å²) in [6, 6.07) is 6.68. The van der Waals surface area contributed by atoms with E-state index in [0.717, 1.165) is 42.3 Å². The zero-order valence-electron chi connectivity index (χ0n) is 24.7. The molecule has 1 aromatic heterocycles. The smallest absolute Gasteiger partial charge is 0.310 e. The molecule has 0 unspecified atom stereocenters. The zero-order chi connectivity index (χ0) is 28.2. The van der Waals surface area contributed by atoms with Crippen molar-refractivity contribution in [2.45, 2.75) is 110 Å². The van der Waals surface area contributed by atoms with Crippen molar-refractivity contribution in [2.75, 3.05) is 13.2 Å². The Labute approximate surface area is 233 Å². The average Bonchev–Trinajstić information content (AvgIpc) is 3.58. The van der Waals surface area contributed by atoms with E-state index in [1.165, 1.54) is 56.1 Å². The largest absolute Gasteiger partial charge is 0.493 e. The van der Waals surface area contributed by atoms with Gasteiger partial charge in [-0.25, -0.2) is 0 Å². The first kappa shape index (κ1) is 27.8. The second-order valence-electron chi connectivity index (χ2n) is 14.0. The van der Waals surface area contributed by atoms with Gasteiger partial charge in [0.1, 0.15) is 5.75 Å². The van der Waals surface area contributed by atoms with Crippen molar-refractivity contribution in [1.29, 1.82) is 0 Å². The van der Waals surface area contributed by atoms with Crippen LogP contribution in [0, 0.1) is 18.3 Å². The molecule has 6 heteroatoms. The van der Waals surface area contributed by atoms with Crippen LogP contribution in [-0.2, 0) is 22.2 Å². The van der Waals surface area contributed by atoms with E-state index in [9.17, 15) is 14.7 Å². The lowest BCUT2D eigenvalue weighted by Crippen LogP contribution is -2.39. The fraction of sp³-hybridized carbons (Fsp3) is 0.636. The predicted octanol–water partition coefficient (Wildman–Crippen LogP) is 7.00. The lowest BCUT2D eigenvalue weighted by atomic mass is 9.79. The number of ether oxygens (including phenoxy) is 1. The summed E-state index contributed by atoms with van der Waals surface area (Å²) in [6.45, 7) is 13.8. The molecule has 2 saturated carbocycles. The van der Waals surface area contributed by atoms with Gasteiger partial charge in [0, 0.05) is 41.0 Å². The second-order valence-corrected chi connectivity index (χ2v) is 14.0. The number of nitrogens with one attached hydrogen (secondary N) is 1. The summed E-state index contributed by atoms with van der Waals surface area (Å²) in [7, 11) is 0. The molecule has 39 heavy (non-hydrogen) atoms. The number of carboxylic acids is 1. The number of carbonyl (C=O) groups excluding carboxylic acids is 1. The van der Waals surface area contributed by atoms with Gasteiger partial charge in [0.05, 0.1) is 17.6 Å². The molecule has 1 amide bonds. The van der Waals surface area contributed by atoms with Gasteiger partial charge >= 0.3 is 5.97 Å². The maximum absolute atomic E-state index is 13.5. The fourth-order valence-corrected chi connectivity index (χ4v) is 6.49. The number of carbonyl (C=O) groups is 2. The van der Waals surface area contributed by atoms with Crippen LogP contribution in [0.2, 0.25) is 0 Å². The number of amides is 1. The Kier molecular flexibility index (Phi) is 7.13. The van der Waals surface area contributed by atoms with E-state index in [-0.39, 0.29) is 23.3 Å². The summed E-state index contributed by atoms with van der Waals surface area (Å²) in [4.78, 5) is 25.1. The van der Waals surface area contributed by atoms with Crippen LogP contribution in [0.25, 0.3) is 11.3 Å². The maximum atomic E-state index is 13.5. The predicted molar refractivity (Wildman–Crippen MR) is 155 cm³/mol. The topological polar surface area (TPSA) is 80.6 Å². The lowest BCUT2D eigenvalue weighted by molar-refractivity contribution is -0.146. The molecule has 2 aromatic rings. The van der Waals surface area contributed by atoms with Crippen LogP contribution in [0.1, 0.15) is 113 Å². The Morgan fingerprint density at radius 2 is 1.74 bits per heavy atom. The van der Waals surface area contributed by atoms with Gasteiger partial charge in [0.2, 0.25) is 0 Å². The van der Waals surface area contributed by atoms with Crippen LogP contribution < -0.4 is 10.1 Å². The fourth-order valence-electron chi connectivity index (χ4n) is 6.49. The summed E-state index contributed by atoms with van der Waals surface area (Å²) in [5.74, 6) is 0.547. The highest BCUT2D eigenvalue weighted by molar-refractivity contribution is 5.97. The number of aromatic nitrogens is 1. The van der Waals surface area contributed by atoms with Gasteiger partial charge in [-0.1, -0.05) is 40.0 Å². The molecule has 0 bridgehead atoms. The minimum absolute atomic E-state index is 0.0774. The van der Waals surface area contributed by atoms with Gasteiger partial charge in [-0.15, -0.1) is 0 Å². The van der Waals surface area contributed by atoms with E-state index in [0.29, 0.717) is 11.5 Å². The maximum Gasteiger partial charge on any atom is 0.310 e. The molecule has 2 fully saturated rings. The van der Waals surface area contributed by atoms with Crippen LogP contribution >= 0.6 is 0 Å². The molecule has 1 aliphatic heterocycles. The van der Waals surface area contributed by atoms with Crippen molar-refractivity contribution >= 4 is 11.9 Å². The summed E-state index contributed by atoms with van der Waals surface area (Å²) < 4.78 is 8.70. The first-order chi connectivity index (χ1) is 18.3. The molecular formula is C33H46N2O4. The number of fused-ring (bicyclic) bond motifs is 2. The van der Waals surface area contributed by atoms with E-state index in [4.69, 9.17) is 4.74 Å². The Balaban J connectivity index is 1.60. The highest BCUT2D eigenvalue weighted by Crippen LogP contribution is 2.58. The molecule has 0 atom stereocenters. The van der Waals surface area contributed by atoms with Crippen molar-refractivity contribution in [3.8, 4) is 17.0 Å². The average molecular weight is 535 g/mol. The molecule has 1 aromatic carbocycles. The number of rotatable bonds is 7. The summed E-state index contributed by atoms with van der Waals surface area (Å²) in [5, 5.41) is 12.4. The quantitative estimate of drug-likeness (QED) is 0.401. The number of nitrogens with zero attached hydrogens (tertiary/aromatic N) is 1. The summed E-state index contributed by atoms with van der Waals surface area (Å²) >= 11 is 0. The third-order valence-electron chi connectivity index (χ3n) is 9.49. The van der Waals surface area contributed by atoms with Crippen LogP contribution in [0.3, 0.4) is 0 Å². The first-order valence-electron chi connectivity index (χ1n) is 14.9. The molecule has 0 radical (unpaired) electrons. The number of hydrogen-bond acceptors (Lipinski definition) is 3. The molecular weight excluding hydrogens is 488 g/mol. The lowest BCUT2D eigenvalue weighted by Gasteiger charge is -2.33. The minimum Gasteiger partial charge on any atom is -0.493 e. The third kappa shape index (κ3) is 5.36. The molecule has 1 spiro atoms. The summed E-state index contributed by atoms with van der Waals surface area (Å²) in [6.07, 6.45) is 9.79. The van der Waals surface area contributed by atoms with E-state index < -0.39 is 11.4 Å². The Hall–Kier alpha value is -2.76. The number of carboxylic acid groups (broad SMARTS) is 1.